The molecule has 0 aromatic rings. The summed E-state index contributed by atoms with van der Waals surface area (Å²) in [5.41, 5.74) is 0. The lowest BCUT2D eigenvalue weighted by molar-refractivity contribution is -0.584. The number of hydroxylamine groups is 1. The lowest BCUT2D eigenvalue weighted by atomic mass is 10.4. The minimum absolute atomic E-state index is 0.222. The van der Waals surface area contributed by atoms with Crippen LogP contribution in [0.3, 0.4) is 0 Å². The number of rotatable bonds is 1. The summed E-state index contributed by atoms with van der Waals surface area (Å²) < 4.78 is 0. The molecule has 4 nitrogen and oxygen atoms in total. The lowest BCUT2D eigenvalue weighted by Crippen LogP contribution is -2.10. The molecule has 0 heterocycles. The summed E-state index contributed by atoms with van der Waals surface area (Å²) in [7, 11) is 0. The topological polar surface area (TPSA) is 58.7 Å². The molecule has 0 rings (SSSR count). The first kappa shape index (κ1) is 6.20. The van der Waals surface area contributed by atoms with Gasteiger partial charge in [-0.1, -0.05) is 4.86 Å². The van der Waals surface area contributed by atoms with Crippen LogP contribution in [0.25, 0.3) is 0 Å². The molecule has 0 amide bonds. The number of nitrogens with zero attached hydrogens (tertiary/aromatic N) is 2. The summed E-state index contributed by atoms with van der Waals surface area (Å²) in [4.78, 5) is 0.222. The molecule has 0 atom stereocenters. The summed E-state index contributed by atoms with van der Waals surface area (Å²) in [5, 5.41) is 20.1. The van der Waals surface area contributed by atoms with Gasteiger partial charge in [0.1, 0.15) is 0 Å². The average Bonchev–Trinajstić information content (AvgIpc) is 1.65. The molecule has 0 bridgehead atoms. The van der Waals surface area contributed by atoms with Gasteiger partial charge >= 0.3 is 0 Å². The van der Waals surface area contributed by atoms with E-state index in [0.717, 1.165) is 0 Å². The van der Waals surface area contributed by atoms with Crippen LogP contribution in [-0.4, -0.2) is 16.1 Å². The Hall–Kier alpha value is -0.800. The van der Waals surface area contributed by atoms with E-state index in [1.165, 1.54) is 0 Å². The second-order valence-electron chi connectivity index (χ2n) is 1.49. The maximum absolute atomic E-state index is 10.0. The van der Waals surface area contributed by atoms with E-state index in [1.807, 2.05) is 0 Å². The maximum atomic E-state index is 10.0. The molecular formula is C3H8N2O2. The van der Waals surface area contributed by atoms with Crippen molar-refractivity contribution in [3.05, 3.63) is 5.21 Å². The molecule has 7 heavy (non-hydrogen) atoms. The Bertz CT molecular complexity index is 79.0. The number of hydrogen-bond acceptors (Lipinski definition) is 2. The normalized spacial score (nSPS) is 12.7. The SMILES string of the molecule is CC(C)[N+]([O-])=NO. The van der Waals surface area contributed by atoms with Crippen molar-refractivity contribution in [2.75, 3.05) is 0 Å². The summed E-state index contributed by atoms with van der Waals surface area (Å²) >= 11 is 0. The van der Waals surface area contributed by atoms with Crippen LogP contribution in [0.1, 0.15) is 13.8 Å². The van der Waals surface area contributed by atoms with Crippen LogP contribution in [0.5, 0.6) is 0 Å². The predicted octanol–water partition coefficient (Wildman–Crippen LogP) is 0.746. The van der Waals surface area contributed by atoms with E-state index in [2.05, 4.69) is 5.28 Å². The predicted molar refractivity (Wildman–Crippen MR) is 23.0 cm³/mol. The van der Waals surface area contributed by atoms with Crippen molar-refractivity contribution in [2.24, 2.45) is 5.28 Å². The van der Waals surface area contributed by atoms with Crippen LogP contribution in [0, 0.1) is 5.21 Å². The molecule has 0 aromatic carbocycles. The van der Waals surface area contributed by atoms with Gasteiger partial charge in [-0.2, -0.15) is 0 Å². The molecule has 0 aliphatic rings. The third kappa shape index (κ3) is 1.97. The molecule has 0 aliphatic carbocycles. The van der Waals surface area contributed by atoms with Crippen LogP contribution >= 0.6 is 0 Å². The fourth-order valence-corrected chi connectivity index (χ4v) is 0.103. The molecule has 1 N–H and O–H groups in total. The third-order valence-electron chi connectivity index (χ3n) is 0.530. The molecule has 4 heteroatoms. The first-order valence-corrected chi connectivity index (χ1v) is 2.00. The van der Waals surface area contributed by atoms with Gasteiger partial charge in [-0.25, -0.2) is 0 Å². The molecule has 0 spiro atoms. The third-order valence-corrected chi connectivity index (χ3v) is 0.530. The zero-order chi connectivity index (χ0) is 5.86. The maximum Gasteiger partial charge on any atom is 0.197 e. The fraction of sp³-hybridized carbons (Fsp3) is 1.00. The van der Waals surface area contributed by atoms with Crippen molar-refractivity contribution < 1.29 is 10.1 Å². The quantitative estimate of drug-likeness (QED) is 0.303. The second-order valence-corrected chi connectivity index (χ2v) is 1.49. The first-order valence-electron chi connectivity index (χ1n) is 2.00. The Balaban J connectivity index is 3.56. The van der Waals surface area contributed by atoms with Gasteiger partial charge in [-0.3, -0.25) is 0 Å². The van der Waals surface area contributed by atoms with Gasteiger partial charge in [0.05, 0.1) is 0 Å². The lowest BCUT2D eigenvalue weighted by Gasteiger charge is -1.97. The summed E-state index contributed by atoms with van der Waals surface area (Å²) in [6, 6.07) is -0.273. The Morgan fingerprint density at radius 2 is 2.14 bits per heavy atom. The highest BCUT2D eigenvalue weighted by atomic mass is 16.6. The van der Waals surface area contributed by atoms with Crippen LogP contribution < -0.4 is 0 Å². The van der Waals surface area contributed by atoms with Crippen molar-refractivity contribution in [3.63, 3.8) is 0 Å². The van der Waals surface area contributed by atoms with Crippen LogP contribution in [0.15, 0.2) is 5.28 Å². The Morgan fingerprint density at radius 3 is 2.14 bits per heavy atom. The summed E-state index contributed by atoms with van der Waals surface area (Å²) in [6.07, 6.45) is 0. The van der Waals surface area contributed by atoms with Crippen LogP contribution in [0.4, 0.5) is 0 Å². The van der Waals surface area contributed by atoms with E-state index in [-0.39, 0.29) is 10.9 Å². The monoisotopic (exact) mass is 104 g/mol. The summed E-state index contributed by atoms with van der Waals surface area (Å²) in [5.74, 6) is 0. The van der Waals surface area contributed by atoms with Crippen molar-refractivity contribution in [2.45, 2.75) is 19.9 Å². The van der Waals surface area contributed by atoms with Gasteiger partial charge in [-0.15, -0.1) is 0 Å². The van der Waals surface area contributed by atoms with E-state index >= 15 is 0 Å². The van der Waals surface area contributed by atoms with Gasteiger partial charge < -0.3 is 10.4 Å². The largest absolute Gasteiger partial charge is 0.597 e. The summed E-state index contributed by atoms with van der Waals surface area (Å²) in [6.45, 7) is 3.26. The fourth-order valence-electron chi connectivity index (χ4n) is 0.103. The molecule has 0 radical (unpaired) electrons. The highest BCUT2D eigenvalue weighted by Gasteiger charge is 1.98. The molecule has 0 aromatic heterocycles. The van der Waals surface area contributed by atoms with E-state index in [1.54, 1.807) is 13.8 Å². The van der Waals surface area contributed by atoms with Gasteiger partial charge in [-0.05, 0) is 0 Å². The zero-order valence-corrected chi connectivity index (χ0v) is 4.33. The Labute approximate surface area is 41.6 Å². The van der Waals surface area contributed by atoms with Crippen molar-refractivity contribution in [1.29, 1.82) is 0 Å². The first-order chi connectivity index (χ1) is 3.18. The molecule has 0 aliphatic heterocycles. The van der Waals surface area contributed by atoms with Crippen LogP contribution in [0.2, 0.25) is 0 Å². The molecule has 0 saturated heterocycles. The van der Waals surface area contributed by atoms with Crippen molar-refractivity contribution >= 4 is 0 Å². The minimum atomic E-state index is -0.273. The molecule has 42 valence electrons. The second kappa shape index (κ2) is 2.39. The molecule has 0 saturated carbocycles. The molecule has 0 fully saturated rings. The highest BCUT2D eigenvalue weighted by Crippen LogP contribution is 1.83. The number of hydrogen-bond donors (Lipinski definition) is 1. The van der Waals surface area contributed by atoms with Crippen molar-refractivity contribution in [1.82, 2.24) is 0 Å². The van der Waals surface area contributed by atoms with Gasteiger partial charge in [0.25, 0.3) is 0 Å². The Kier molecular flexibility index (Phi) is 2.11. The van der Waals surface area contributed by atoms with E-state index < -0.39 is 0 Å². The van der Waals surface area contributed by atoms with Gasteiger partial charge in [0, 0.05) is 13.8 Å². The van der Waals surface area contributed by atoms with Crippen LogP contribution in [-0.2, 0) is 0 Å². The molecular weight excluding hydrogens is 96.0 g/mol. The highest BCUT2D eigenvalue weighted by molar-refractivity contribution is 4.26. The average molecular weight is 104 g/mol. The van der Waals surface area contributed by atoms with Crippen molar-refractivity contribution in [3.8, 4) is 0 Å². The smallest absolute Gasteiger partial charge is 0.197 e. The zero-order valence-electron chi connectivity index (χ0n) is 4.33. The van der Waals surface area contributed by atoms with Gasteiger partial charge in [0.2, 0.25) is 0 Å². The van der Waals surface area contributed by atoms with E-state index in [4.69, 9.17) is 5.21 Å². The van der Waals surface area contributed by atoms with E-state index in [0.29, 0.717) is 0 Å². The Morgan fingerprint density at radius 1 is 1.71 bits per heavy atom. The molecule has 0 unspecified atom stereocenters. The minimum Gasteiger partial charge on any atom is -0.597 e. The van der Waals surface area contributed by atoms with Gasteiger partial charge in [0.15, 0.2) is 11.3 Å². The standard InChI is InChI=1S/C3H8N2O2/c1-3(2)5(7)4-6/h3,6H,1-2H3. The van der Waals surface area contributed by atoms with E-state index in [9.17, 15) is 5.21 Å².